The first-order chi connectivity index (χ1) is 28.7. The highest BCUT2D eigenvalue weighted by molar-refractivity contribution is 7.26. The molecule has 2 aromatic heterocycles. The average molecular weight is 756 g/mol. The van der Waals surface area contributed by atoms with Crippen LogP contribution >= 0.6 is 11.3 Å². The van der Waals surface area contributed by atoms with Crippen LogP contribution in [0.1, 0.15) is 11.1 Å². The van der Waals surface area contributed by atoms with Gasteiger partial charge in [-0.2, -0.15) is 0 Å². The second-order valence-electron chi connectivity index (χ2n) is 15.1. The maximum absolute atomic E-state index is 5.28. The van der Waals surface area contributed by atoms with E-state index in [2.05, 4.69) is 182 Å². The molecule has 3 nitrogen and oxygen atoms in total. The molecule has 0 N–H and O–H groups in total. The van der Waals surface area contributed by atoms with Crippen molar-refractivity contribution in [3.8, 4) is 67.5 Å². The first kappa shape index (κ1) is 32.9. The Morgan fingerprint density at radius 2 is 1.00 bits per heavy atom. The van der Waals surface area contributed by atoms with Crippen molar-refractivity contribution in [2.45, 2.75) is 6.42 Å². The van der Waals surface area contributed by atoms with Gasteiger partial charge >= 0.3 is 0 Å². The van der Waals surface area contributed by atoms with Crippen molar-refractivity contribution in [2.24, 2.45) is 0 Å². The summed E-state index contributed by atoms with van der Waals surface area (Å²) in [7, 11) is 0. The number of thiophene rings is 1. The summed E-state index contributed by atoms with van der Waals surface area (Å²) in [6.07, 6.45) is 0.926. The monoisotopic (exact) mass is 755 g/mol. The Bertz CT molecular complexity index is 3420. The van der Waals surface area contributed by atoms with E-state index >= 15 is 0 Å². The molecule has 0 amide bonds. The number of benzene rings is 9. The number of hydrogen-bond donors (Lipinski definition) is 0. The molecule has 0 fully saturated rings. The van der Waals surface area contributed by atoms with E-state index in [0.29, 0.717) is 17.5 Å². The zero-order chi connectivity index (χ0) is 38.2. The van der Waals surface area contributed by atoms with Gasteiger partial charge in [-0.3, -0.25) is 0 Å². The molecule has 1 aliphatic rings. The molecule has 0 atom stereocenters. The highest BCUT2D eigenvalue weighted by Gasteiger charge is 2.26. The summed E-state index contributed by atoms with van der Waals surface area (Å²) in [5.74, 6) is 1.97. The molecule has 0 bridgehead atoms. The lowest BCUT2D eigenvalue weighted by Gasteiger charge is -2.14. The Morgan fingerprint density at radius 1 is 0.379 bits per heavy atom. The van der Waals surface area contributed by atoms with Crippen LogP contribution in [0.2, 0.25) is 0 Å². The molecule has 0 unspecified atom stereocenters. The third-order valence-corrected chi connectivity index (χ3v) is 13.0. The number of aromatic nitrogens is 3. The predicted molar refractivity (Wildman–Crippen MR) is 243 cm³/mol. The molecular weight excluding hydrogens is 723 g/mol. The lowest BCUT2D eigenvalue weighted by molar-refractivity contribution is 1.08. The second-order valence-corrected chi connectivity index (χ2v) is 16.2. The summed E-state index contributed by atoms with van der Waals surface area (Å²) >= 11 is 1.86. The van der Waals surface area contributed by atoms with Crippen molar-refractivity contribution in [2.75, 3.05) is 0 Å². The standard InChI is InChI=1S/C54H33N3S/c1-2-12-33(13-3-1)35-24-27-36(28-25-35)52-55-53(40-29-26-34-14-4-5-15-37(34)30-40)57-54(56-52)45-22-11-23-48-50(45)44-21-10-20-43(51(44)58-48)46-31-38-16-6-8-18-41(38)49-42-19-9-7-17-39(42)32-47(46)49/h1-31H,32H2. The van der Waals surface area contributed by atoms with Crippen LogP contribution < -0.4 is 0 Å². The van der Waals surface area contributed by atoms with E-state index in [1.54, 1.807) is 0 Å². The van der Waals surface area contributed by atoms with Crippen molar-refractivity contribution < 1.29 is 0 Å². The Labute approximate surface area is 339 Å². The lowest BCUT2D eigenvalue weighted by Crippen LogP contribution is -2.00. The van der Waals surface area contributed by atoms with E-state index in [4.69, 9.17) is 15.0 Å². The molecule has 0 radical (unpaired) electrons. The van der Waals surface area contributed by atoms with Crippen molar-refractivity contribution >= 4 is 53.1 Å². The quantitative estimate of drug-likeness (QED) is 0.176. The number of hydrogen-bond acceptors (Lipinski definition) is 4. The van der Waals surface area contributed by atoms with Crippen molar-refractivity contribution in [1.82, 2.24) is 15.0 Å². The molecule has 1 aliphatic carbocycles. The molecule has 11 aromatic rings. The summed E-state index contributed by atoms with van der Waals surface area (Å²) in [5, 5.41) is 7.31. The third kappa shape index (κ3) is 5.30. The summed E-state index contributed by atoms with van der Waals surface area (Å²) in [5.41, 5.74) is 13.3. The van der Waals surface area contributed by atoms with Gasteiger partial charge in [0.05, 0.1) is 0 Å². The Balaban J connectivity index is 1.06. The Morgan fingerprint density at radius 3 is 1.88 bits per heavy atom. The SMILES string of the molecule is c1ccc(-c2ccc(-c3nc(-c4ccc5ccccc5c4)nc(-c4cccc5sc6c(-c7cc8ccccc8c8c7Cc7ccccc7-8)cccc6c45)n3)cc2)cc1. The van der Waals surface area contributed by atoms with E-state index in [0.717, 1.165) is 34.1 Å². The van der Waals surface area contributed by atoms with Gasteiger partial charge in [0.15, 0.2) is 17.5 Å². The van der Waals surface area contributed by atoms with Gasteiger partial charge < -0.3 is 0 Å². The van der Waals surface area contributed by atoms with Gasteiger partial charge in [-0.25, -0.2) is 15.0 Å². The van der Waals surface area contributed by atoms with Crippen molar-refractivity contribution in [3.05, 3.63) is 199 Å². The second kappa shape index (κ2) is 13.2. The smallest absolute Gasteiger partial charge is 0.164 e. The van der Waals surface area contributed by atoms with E-state index < -0.39 is 0 Å². The minimum absolute atomic E-state index is 0.649. The van der Waals surface area contributed by atoms with Crippen LogP contribution in [-0.4, -0.2) is 15.0 Å². The molecule has 58 heavy (non-hydrogen) atoms. The molecule has 0 saturated heterocycles. The van der Waals surface area contributed by atoms with Gasteiger partial charge in [-0.15, -0.1) is 11.3 Å². The van der Waals surface area contributed by atoms with Gasteiger partial charge in [0.25, 0.3) is 0 Å². The zero-order valence-corrected chi connectivity index (χ0v) is 32.2. The number of fused-ring (bicyclic) bond motifs is 9. The van der Waals surface area contributed by atoms with E-state index in [9.17, 15) is 0 Å². The molecule has 4 heteroatoms. The molecule has 0 saturated carbocycles. The third-order valence-electron chi connectivity index (χ3n) is 11.8. The molecule has 9 aromatic carbocycles. The minimum atomic E-state index is 0.649. The fraction of sp³-hybridized carbons (Fsp3) is 0.0185. The predicted octanol–water partition coefficient (Wildman–Crippen LogP) is 14.5. The maximum Gasteiger partial charge on any atom is 0.164 e. The summed E-state index contributed by atoms with van der Waals surface area (Å²) < 4.78 is 2.49. The van der Waals surface area contributed by atoms with Crippen LogP contribution in [0.4, 0.5) is 0 Å². The van der Waals surface area contributed by atoms with Gasteiger partial charge in [-0.05, 0) is 90.7 Å². The van der Waals surface area contributed by atoms with Crippen LogP contribution in [-0.2, 0) is 6.42 Å². The molecule has 270 valence electrons. The van der Waals surface area contributed by atoms with Crippen LogP contribution in [0, 0.1) is 0 Å². The molecular formula is C54H33N3S. The summed E-state index contributed by atoms with van der Waals surface area (Å²) in [4.78, 5) is 15.7. The first-order valence-electron chi connectivity index (χ1n) is 19.7. The molecule has 12 rings (SSSR count). The zero-order valence-electron chi connectivity index (χ0n) is 31.4. The van der Waals surface area contributed by atoms with Gasteiger partial charge in [-0.1, -0.05) is 170 Å². The van der Waals surface area contributed by atoms with Crippen LogP contribution in [0.5, 0.6) is 0 Å². The summed E-state index contributed by atoms with van der Waals surface area (Å²) in [6, 6.07) is 67.4. The average Bonchev–Trinajstić information content (AvgIpc) is 3.88. The molecule has 0 spiro atoms. The van der Waals surface area contributed by atoms with Crippen LogP contribution in [0.25, 0.3) is 109 Å². The number of nitrogens with zero attached hydrogens (tertiary/aromatic N) is 3. The largest absolute Gasteiger partial charge is 0.208 e. The van der Waals surface area contributed by atoms with E-state index in [-0.39, 0.29) is 0 Å². The van der Waals surface area contributed by atoms with Crippen molar-refractivity contribution in [3.63, 3.8) is 0 Å². The van der Waals surface area contributed by atoms with Gasteiger partial charge in [0, 0.05) is 36.9 Å². The fourth-order valence-corrected chi connectivity index (χ4v) is 10.3. The number of rotatable bonds is 5. The van der Waals surface area contributed by atoms with Crippen LogP contribution in [0.15, 0.2) is 188 Å². The first-order valence-corrected chi connectivity index (χ1v) is 20.5. The normalized spacial score (nSPS) is 12.1. The highest BCUT2D eigenvalue weighted by Crippen LogP contribution is 2.50. The van der Waals surface area contributed by atoms with E-state index in [1.807, 2.05) is 17.4 Å². The molecule has 0 aliphatic heterocycles. The molecule has 2 heterocycles. The Hall–Kier alpha value is -7.27. The van der Waals surface area contributed by atoms with E-state index in [1.165, 1.54) is 75.3 Å². The maximum atomic E-state index is 5.28. The van der Waals surface area contributed by atoms with Crippen LogP contribution in [0.3, 0.4) is 0 Å². The van der Waals surface area contributed by atoms with Gasteiger partial charge in [0.1, 0.15) is 0 Å². The van der Waals surface area contributed by atoms with Crippen molar-refractivity contribution in [1.29, 1.82) is 0 Å². The topological polar surface area (TPSA) is 38.7 Å². The minimum Gasteiger partial charge on any atom is -0.208 e. The summed E-state index contributed by atoms with van der Waals surface area (Å²) in [6.45, 7) is 0. The lowest BCUT2D eigenvalue weighted by atomic mass is 9.90. The fourth-order valence-electron chi connectivity index (χ4n) is 9.00. The highest BCUT2D eigenvalue weighted by atomic mass is 32.1. The Kier molecular flexibility index (Phi) is 7.47. The van der Waals surface area contributed by atoms with Gasteiger partial charge in [0.2, 0.25) is 0 Å².